The van der Waals surface area contributed by atoms with Crippen molar-refractivity contribution in [2.24, 2.45) is 5.10 Å². The highest BCUT2D eigenvalue weighted by Gasteiger charge is 2.10. The summed E-state index contributed by atoms with van der Waals surface area (Å²) in [6.45, 7) is 4.82. The van der Waals surface area contributed by atoms with Gasteiger partial charge < -0.3 is 14.8 Å². The van der Waals surface area contributed by atoms with Gasteiger partial charge in [0.1, 0.15) is 13.0 Å². The summed E-state index contributed by atoms with van der Waals surface area (Å²) in [5.74, 6) is 0.200. The molecule has 0 aliphatic carbocycles. The van der Waals surface area contributed by atoms with Crippen LogP contribution in [0.25, 0.3) is 0 Å². The Hall–Kier alpha value is -3.84. The molecule has 0 radical (unpaired) electrons. The minimum Gasteiger partial charge on any atom is -0.490 e. The van der Waals surface area contributed by atoms with Gasteiger partial charge in [-0.3, -0.25) is 9.59 Å². The Morgan fingerprint density at radius 1 is 0.971 bits per heavy atom. The van der Waals surface area contributed by atoms with E-state index in [9.17, 15) is 9.59 Å². The summed E-state index contributed by atoms with van der Waals surface area (Å²) >= 11 is 5.81. The van der Waals surface area contributed by atoms with Gasteiger partial charge in [0.25, 0.3) is 0 Å². The molecule has 34 heavy (non-hydrogen) atoms. The Balaban J connectivity index is 1.53. The molecule has 3 aromatic rings. The Kier molecular flexibility index (Phi) is 9.05. The lowest BCUT2D eigenvalue weighted by molar-refractivity contribution is -0.126. The molecular weight excluding hydrogens is 454 g/mol. The molecule has 0 unspecified atom stereocenters. The summed E-state index contributed by atoms with van der Waals surface area (Å²) in [4.78, 5) is 24.0. The molecule has 0 saturated carbocycles. The standard InChI is InChI=1S/C26H26ClN3O4/c1-3-33-24-14-19(7-12-23(24)34-17-20-6-4-5-18(2)13-20)16-28-30-26(32)15-25(31)29-22-10-8-21(27)9-11-22/h4-14,16H,3,15,17H2,1-2H3,(H,29,31)(H,30,32). The third-order valence-corrected chi connectivity index (χ3v) is 4.85. The number of halogens is 1. The monoisotopic (exact) mass is 479 g/mol. The number of hydrogen-bond acceptors (Lipinski definition) is 5. The molecule has 0 saturated heterocycles. The molecular formula is C26H26ClN3O4. The smallest absolute Gasteiger partial charge is 0.249 e. The van der Waals surface area contributed by atoms with Gasteiger partial charge >= 0.3 is 0 Å². The topological polar surface area (TPSA) is 89.0 Å². The van der Waals surface area contributed by atoms with Gasteiger partial charge in [-0.2, -0.15) is 5.10 Å². The quantitative estimate of drug-likeness (QED) is 0.240. The second-order valence-electron chi connectivity index (χ2n) is 7.44. The highest BCUT2D eigenvalue weighted by molar-refractivity contribution is 6.30. The zero-order valence-corrected chi connectivity index (χ0v) is 19.8. The van der Waals surface area contributed by atoms with Crippen LogP contribution >= 0.6 is 11.6 Å². The van der Waals surface area contributed by atoms with Crippen LogP contribution in [-0.2, 0) is 16.2 Å². The maximum absolute atomic E-state index is 12.0. The lowest BCUT2D eigenvalue weighted by Gasteiger charge is -2.13. The highest BCUT2D eigenvalue weighted by atomic mass is 35.5. The number of amides is 2. The third-order valence-electron chi connectivity index (χ3n) is 4.60. The molecule has 0 aliphatic rings. The number of rotatable bonds is 10. The molecule has 0 aliphatic heterocycles. The van der Waals surface area contributed by atoms with Gasteiger partial charge in [-0.1, -0.05) is 41.4 Å². The van der Waals surface area contributed by atoms with Gasteiger partial charge in [-0.25, -0.2) is 5.43 Å². The highest BCUT2D eigenvalue weighted by Crippen LogP contribution is 2.29. The SMILES string of the molecule is CCOc1cc(C=NNC(=O)CC(=O)Nc2ccc(Cl)cc2)ccc1OCc1cccc(C)c1. The summed E-state index contributed by atoms with van der Waals surface area (Å²) in [5.41, 5.74) is 5.85. The van der Waals surface area contributed by atoms with E-state index in [1.807, 2.05) is 32.0 Å². The molecule has 8 heteroatoms. The molecule has 0 aromatic heterocycles. The van der Waals surface area contributed by atoms with Crippen molar-refractivity contribution in [3.05, 3.63) is 88.4 Å². The molecule has 0 atom stereocenters. The second-order valence-corrected chi connectivity index (χ2v) is 7.88. The minimum absolute atomic E-state index is 0.365. The number of ether oxygens (including phenoxy) is 2. The zero-order valence-electron chi connectivity index (χ0n) is 19.0. The van der Waals surface area contributed by atoms with Crippen LogP contribution in [0.2, 0.25) is 5.02 Å². The van der Waals surface area contributed by atoms with Gasteiger partial charge in [0.2, 0.25) is 11.8 Å². The first-order valence-corrected chi connectivity index (χ1v) is 11.1. The summed E-state index contributed by atoms with van der Waals surface area (Å²) < 4.78 is 11.6. The number of nitrogens with one attached hydrogen (secondary N) is 2. The van der Waals surface area contributed by atoms with Crippen LogP contribution in [0.1, 0.15) is 30.0 Å². The van der Waals surface area contributed by atoms with Crippen molar-refractivity contribution in [3.63, 3.8) is 0 Å². The van der Waals surface area contributed by atoms with Crippen molar-refractivity contribution >= 4 is 35.3 Å². The first-order valence-electron chi connectivity index (χ1n) is 10.8. The van der Waals surface area contributed by atoms with Crippen molar-refractivity contribution in [1.82, 2.24) is 5.43 Å². The van der Waals surface area contributed by atoms with E-state index in [0.29, 0.717) is 41.0 Å². The molecule has 0 bridgehead atoms. The summed E-state index contributed by atoms with van der Waals surface area (Å²) in [5, 5.41) is 7.11. The number of hydrazone groups is 1. The van der Waals surface area contributed by atoms with Crippen LogP contribution in [0, 0.1) is 6.92 Å². The predicted octanol–water partition coefficient (Wildman–Crippen LogP) is 5.11. The molecule has 0 heterocycles. The fourth-order valence-electron chi connectivity index (χ4n) is 3.06. The van der Waals surface area contributed by atoms with Crippen molar-refractivity contribution in [1.29, 1.82) is 0 Å². The third kappa shape index (κ3) is 7.94. The van der Waals surface area contributed by atoms with E-state index < -0.39 is 11.8 Å². The van der Waals surface area contributed by atoms with Crippen molar-refractivity contribution < 1.29 is 19.1 Å². The van der Waals surface area contributed by atoms with Crippen LogP contribution < -0.4 is 20.2 Å². The molecule has 3 rings (SSSR count). The van der Waals surface area contributed by atoms with Gasteiger partial charge in [-0.15, -0.1) is 0 Å². The number of nitrogens with zero attached hydrogens (tertiary/aromatic N) is 1. The number of aryl methyl sites for hydroxylation is 1. The lowest BCUT2D eigenvalue weighted by atomic mass is 10.1. The summed E-state index contributed by atoms with van der Waals surface area (Å²) in [6, 6.07) is 20.1. The van der Waals surface area contributed by atoms with Crippen LogP contribution in [-0.4, -0.2) is 24.6 Å². The largest absolute Gasteiger partial charge is 0.490 e. The average molecular weight is 480 g/mol. The summed E-state index contributed by atoms with van der Waals surface area (Å²) in [6.07, 6.45) is 1.11. The fraction of sp³-hybridized carbons (Fsp3) is 0.192. The molecule has 0 spiro atoms. The molecule has 0 fully saturated rings. The van der Waals surface area contributed by atoms with Crippen molar-refractivity contribution in [2.75, 3.05) is 11.9 Å². The van der Waals surface area contributed by atoms with E-state index in [0.717, 1.165) is 5.56 Å². The van der Waals surface area contributed by atoms with Crippen molar-refractivity contribution in [2.45, 2.75) is 26.9 Å². The Morgan fingerprint density at radius 3 is 2.50 bits per heavy atom. The number of carbonyl (C=O) groups is 2. The molecule has 176 valence electrons. The minimum atomic E-state index is -0.536. The van der Waals surface area contributed by atoms with Crippen LogP contribution in [0.4, 0.5) is 5.69 Å². The first kappa shape index (κ1) is 24.8. The molecule has 3 aromatic carbocycles. The van der Waals surface area contributed by atoms with Gasteiger partial charge in [0.15, 0.2) is 11.5 Å². The van der Waals surface area contributed by atoms with Gasteiger partial charge in [0.05, 0.1) is 12.8 Å². The number of benzene rings is 3. The Morgan fingerprint density at radius 2 is 1.76 bits per heavy atom. The van der Waals surface area contributed by atoms with E-state index in [-0.39, 0.29) is 6.42 Å². The number of carbonyl (C=O) groups excluding carboxylic acids is 2. The molecule has 2 N–H and O–H groups in total. The van der Waals surface area contributed by atoms with E-state index in [4.69, 9.17) is 21.1 Å². The second kappa shape index (κ2) is 12.4. The van der Waals surface area contributed by atoms with E-state index in [1.165, 1.54) is 11.8 Å². The number of anilines is 1. The first-order chi connectivity index (χ1) is 16.4. The maximum atomic E-state index is 12.0. The van der Waals surface area contributed by atoms with Gasteiger partial charge in [-0.05, 0) is 67.4 Å². The average Bonchev–Trinajstić information content (AvgIpc) is 2.80. The number of hydrogen-bond donors (Lipinski definition) is 2. The normalized spacial score (nSPS) is 10.7. The van der Waals surface area contributed by atoms with Gasteiger partial charge in [0, 0.05) is 10.7 Å². The molecule has 2 amide bonds. The van der Waals surface area contributed by atoms with Crippen LogP contribution in [0.15, 0.2) is 71.8 Å². The zero-order chi connectivity index (χ0) is 24.3. The Labute approximate surface area is 203 Å². The van der Waals surface area contributed by atoms with E-state index in [1.54, 1.807) is 42.5 Å². The fourth-order valence-corrected chi connectivity index (χ4v) is 3.18. The summed E-state index contributed by atoms with van der Waals surface area (Å²) in [7, 11) is 0. The van der Waals surface area contributed by atoms with Crippen LogP contribution in [0.3, 0.4) is 0 Å². The van der Waals surface area contributed by atoms with Crippen molar-refractivity contribution in [3.8, 4) is 11.5 Å². The van der Waals surface area contributed by atoms with E-state index in [2.05, 4.69) is 21.9 Å². The van der Waals surface area contributed by atoms with E-state index >= 15 is 0 Å². The lowest BCUT2D eigenvalue weighted by Crippen LogP contribution is -2.24. The molecule has 7 nitrogen and oxygen atoms in total. The Bertz CT molecular complexity index is 1160. The van der Waals surface area contributed by atoms with Crippen LogP contribution in [0.5, 0.6) is 11.5 Å². The maximum Gasteiger partial charge on any atom is 0.249 e. The predicted molar refractivity (Wildman–Crippen MR) is 134 cm³/mol.